The second-order valence-corrected chi connectivity index (χ2v) is 6.29. The second-order valence-electron chi connectivity index (χ2n) is 6.29. The zero-order valence-corrected chi connectivity index (χ0v) is 15.1. The first kappa shape index (κ1) is 20.2. The topological polar surface area (TPSA) is 95.5 Å². The fraction of sp³-hybridized carbons (Fsp3) is 0.286. The lowest BCUT2D eigenvalue weighted by Crippen LogP contribution is -2.37. The van der Waals surface area contributed by atoms with E-state index in [9.17, 15) is 14.4 Å². The Morgan fingerprint density at radius 3 is 2.15 bits per heavy atom. The first-order valence-electron chi connectivity index (χ1n) is 8.93. The molecule has 0 unspecified atom stereocenters. The van der Waals surface area contributed by atoms with Gasteiger partial charge in [-0.1, -0.05) is 48.5 Å². The summed E-state index contributed by atoms with van der Waals surface area (Å²) < 4.78 is 0. The van der Waals surface area contributed by atoms with Gasteiger partial charge in [0.05, 0.1) is 6.54 Å². The van der Waals surface area contributed by atoms with E-state index >= 15 is 0 Å². The van der Waals surface area contributed by atoms with E-state index in [-0.39, 0.29) is 31.2 Å². The molecule has 2 aromatic carbocycles. The van der Waals surface area contributed by atoms with Crippen molar-refractivity contribution in [2.45, 2.75) is 25.7 Å². The number of rotatable bonds is 10. The maximum atomic E-state index is 12.4. The first-order valence-corrected chi connectivity index (χ1v) is 8.93. The highest BCUT2D eigenvalue weighted by Crippen LogP contribution is 2.16. The Kier molecular flexibility index (Phi) is 8.03. The van der Waals surface area contributed by atoms with Crippen LogP contribution in [-0.4, -0.2) is 29.4 Å². The number of nitrogens with one attached hydrogen (secondary N) is 2. The molecule has 6 heteroatoms. The van der Waals surface area contributed by atoms with E-state index in [1.165, 1.54) is 0 Å². The van der Waals surface area contributed by atoms with E-state index in [1.54, 1.807) is 24.3 Å². The lowest BCUT2D eigenvalue weighted by Gasteiger charge is -2.16. The van der Waals surface area contributed by atoms with Crippen LogP contribution in [0.25, 0.3) is 0 Å². The fourth-order valence-electron chi connectivity index (χ4n) is 2.73. The highest BCUT2D eigenvalue weighted by molar-refractivity contribution is 5.94. The van der Waals surface area contributed by atoms with Crippen molar-refractivity contribution in [3.05, 3.63) is 66.2 Å². The number of carboxylic acid groups (broad SMARTS) is 1. The molecule has 0 saturated carbocycles. The summed E-state index contributed by atoms with van der Waals surface area (Å²) in [5, 5.41) is 14.2. The van der Waals surface area contributed by atoms with E-state index in [0.717, 1.165) is 5.56 Å². The minimum atomic E-state index is -0.936. The van der Waals surface area contributed by atoms with Crippen molar-refractivity contribution in [1.29, 1.82) is 0 Å². The molecule has 0 aromatic heterocycles. The molecule has 0 aliphatic rings. The highest BCUT2D eigenvalue weighted by Gasteiger charge is 2.20. The van der Waals surface area contributed by atoms with Crippen LogP contribution in [0.1, 0.15) is 24.8 Å². The Morgan fingerprint density at radius 1 is 0.889 bits per heavy atom. The third-order valence-corrected chi connectivity index (χ3v) is 4.18. The van der Waals surface area contributed by atoms with Crippen LogP contribution in [-0.2, 0) is 20.8 Å². The Balaban J connectivity index is 1.85. The van der Waals surface area contributed by atoms with Crippen molar-refractivity contribution >= 4 is 23.5 Å². The van der Waals surface area contributed by atoms with Crippen molar-refractivity contribution in [1.82, 2.24) is 5.32 Å². The summed E-state index contributed by atoms with van der Waals surface area (Å²) in [6.45, 7) is -0.150. The number of anilines is 1. The number of carbonyl (C=O) groups is 3. The van der Waals surface area contributed by atoms with Crippen molar-refractivity contribution < 1.29 is 19.5 Å². The molecule has 2 rings (SSSR count). The smallest absolute Gasteiger partial charge is 0.303 e. The van der Waals surface area contributed by atoms with Gasteiger partial charge in [-0.15, -0.1) is 0 Å². The number of carboxylic acids is 1. The molecule has 6 nitrogen and oxygen atoms in total. The van der Waals surface area contributed by atoms with Crippen LogP contribution >= 0.6 is 0 Å². The Bertz CT molecular complexity index is 747. The molecule has 0 spiro atoms. The normalized spacial score (nSPS) is 11.4. The highest BCUT2D eigenvalue weighted by atomic mass is 16.4. The summed E-state index contributed by atoms with van der Waals surface area (Å²) in [5.41, 5.74) is 1.75. The average molecular weight is 368 g/mol. The van der Waals surface area contributed by atoms with Gasteiger partial charge in [0.1, 0.15) is 0 Å². The van der Waals surface area contributed by atoms with Crippen molar-refractivity contribution in [2.24, 2.45) is 5.92 Å². The van der Waals surface area contributed by atoms with Gasteiger partial charge in [0.25, 0.3) is 0 Å². The summed E-state index contributed by atoms with van der Waals surface area (Å²) in [4.78, 5) is 35.3. The van der Waals surface area contributed by atoms with Gasteiger partial charge in [-0.3, -0.25) is 14.4 Å². The molecule has 0 aliphatic heterocycles. The van der Waals surface area contributed by atoms with Gasteiger partial charge < -0.3 is 15.7 Å². The van der Waals surface area contributed by atoms with Gasteiger partial charge in [0, 0.05) is 18.0 Å². The summed E-state index contributed by atoms with van der Waals surface area (Å²) in [7, 11) is 0. The molecule has 1 atom stereocenters. The largest absolute Gasteiger partial charge is 0.481 e. The molecule has 2 aromatic rings. The van der Waals surface area contributed by atoms with E-state index in [4.69, 9.17) is 5.11 Å². The summed E-state index contributed by atoms with van der Waals surface area (Å²) >= 11 is 0. The number of amides is 2. The average Bonchev–Trinajstić information content (AvgIpc) is 2.67. The molecule has 27 heavy (non-hydrogen) atoms. The lowest BCUT2D eigenvalue weighted by atomic mass is 9.94. The monoisotopic (exact) mass is 368 g/mol. The van der Waals surface area contributed by atoms with E-state index in [2.05, 4.69) is 10.6 Å². The first-order chi connectivity index (χ1) is 13.0. The molecule has 3 N–H and O–H groups in total. The van der Waals surface area contributed by atoms with E-state index < -0.39 is 11.9 Å². The quantitative estimate of drug-likeness (QED) is 0.601. The molecule has 0 saturated heterocycles. The van der Waals surface area contributed by atoms with E-state index in [0.29, 0.717) is 18.5 Å². The zero-order chi connectivity index (χ0) is 19.5. The van der Waals surface area contributed by atoms with E-state index in [1.807, 2.05) is 36.4 Å². The van der Waals surface area contributed by atoms with Crippen LogP contribution < -0.4 is 10.6 Å². The third-order valence-electron chi connectivity index (χ3n) is 4.18. The SMILES string of the molecule is O=C(O)CC[C@@H](CCc1ccccc1)C(=O)NCC(=O)Nc1ccccc1. The van der Waals surface area contributed by atoms with Gasteiger partial charge in [0.15, 0.2) is 0 Å². The molecule has 0 fully saturated rings. The molecular weight excluding hydrogens is 344 g/mol. The molecule has 142 valence electrons. The molecule has 0 bridgehead atoms. The van der Waals surface area contributed by atoms with Crippen LogP contribution in [0.3, 0.4) is 0 Å². The van der Waals surface area contributed by atoms with Gasteiger partial charge >= 0.3 is 5.97 Å². The maximum absolute atomic E-state index is 12.4. The number of carbonyl (C=O) groups excluding carboxylic acids is 2. The van der Waals surface area contributed by atoms with Crippen LogP contribution in [0.5, 0.6) is 0 Å². The van der Waals surface area contributed by atoms with Crippen molar-refractivity contribution in [3.63, 3.8) is 0 Å². The van der Waals surface area contributed by atoms with Crippen LogP contribution in [0.2, 0.25) is 0 Å². The number of benzene rings is 2. The number of aryl methyl sites for hydroxylation is 1. The lowest BCUT2D eigenvalue weighted by molar-refractivity contribution is -0.137. The van der Waals surface area contributed by atoms with Crippen LogP contribution in [0.15, 0.2) is 60.7 Å². The Labute approximate surface area is 158 Å². The molecular formula is C21H24N2O4. The molecule has 2 amide bonds. The minimum Gasteiger partial charge on any atom is -0.481 e. The molecule has 0 aliphatic carbocycles. The minimum absolute atomic E-state index is 0.0803. The van der Waals surface area contributed by atoms with Gasteiger partial charge in [-0.05, 0) is 37.0 Å². The van der Waals surface area contributed by atoms with Gasteiger partial charge in [-0.25, -0.2) is 0 Å². The number of hydrogen-bond donors (Lipinski definition) is 3. The molecule has 0 radical (unpaired) electrons. The predicted molar refractivity (Wildman–Crippen MR) is 103 cm³/mol. The standard InChI is InChI=1S/C21H24N2O4/c24-19(23-18-9-5-2-6-10-18)15-22-21(27)17(13-14-20(25)26)12-11-16-7-3-1-4-8-16/h1-10,17H,11-15H2,(H,22,27)(H,23,24)(H,25,26)/t17-/m1/s1. The predicted octanol–water partition coefficient (Wildman–Crippen LogP) is 2.86. The third kappa shape index (κ3) is 7.73. The van der Waals surface area contributed by atoms with Crippen LogP contribution in [0.4, 0.5) is 5.69 Å². The Hall–Kier alpha value is -3.15. The molecule has 0 heterocycles. The summed E-state index contributed by atoms with van der Waals surface area (Å²) in [5.74, 6) is -2.01. The summed E-state index contributed by atoms with van der Waals surface area (Å²) in [6, 6.07) is 18.7. The number of aliphatic carboxylic acids is 1. The fourth-order valence-corrected chi connectivity index (χ4v) is 2.73. The van der Waals surface area contributed by atoms with Crippen molar-refractivity contribution in [2.75, 3.05) is 11.9 Å². The van der Waals surface area contributed by atoms with Crippen molar-refractivity contribution in [3.8, 4) is 0 Å². The second kappa shape index (κ2) is 10.8. The Morgan fingerprint density at radius 2 is 1.52 bits per heavy atom. The zero-order valence-electron chi connectivity index (χ0n) is 15.1. The summed E-state index contributed by atoms with van der Waals surface area (Å²) in [6.07, 6.45) is 1.37. The van der Waals surface area contributed by atoms with Gasteiger partial charge in [-0.2, -0.15) is 0 Å². The number of hydrogen-bond acceptors (Lipinski definition) is 3. The maximum Gasteiger partial charge on any atom is 0.303 e. The number of para-hydroxylation sites is 1. The van der Waals surface area contributed by atoms with Crippen LogP contribution in [0, 0.1) is 5.92 Å². The van der Waals surface area contributed by atoms with Gasteiger partial charge in [0.2, 0.25) is 11.8 Å².